The number of hydrogen-bond donors (Lipinski definition) is 1. The Morgan fingerprint density at radius 2 is 2.25 bits per heavy atom. The Hall–Kier alpha value is -2.17. The number of fused-ring (bicyclic) bond motifs is 1. The topological polar surface area (TPSA) is 53.2 Å². The molecule has 1 aromatic carbocycles. The van der Waals surface area contributed by atoms with Crippen LogP contribution in [0.5, 0.6) is 0 Å². The summed E-state index contributed by atoms with van der Waals surface area (Å²) in [7, 11) is 0. The maximum atomic E-state index is 13.1. The molecule has 1 fully saturated rings. The number of aromatic amines is 1. The summed E-state index contributed by atoms with van der Waals surface area (Å²) in [5.74, 6) is -0.243. The van der Waals surface area contributed by atoms with E-state index in [1.165, 1.54) is 12.1 Å². The number of halogens is 1. The molecule has 20 heavy (non-hydrogen) atoms. The zero-order valence-electron chi connectivity index (χ0n) is 11.0. The Morgan fingerprint density at radius 1 is 1.40 bits per heavy atom. The highest BCUT2D eigenvalue weighted by molar-refractivity contribution is 5.91. The van der Waals surface area contributed by atoms with Gasteiger partial charge in [0.2, 0.25) is 5.91 Å². The summed E-state index contributed by atoms with van der Waals surface area (Å²) in [5.41, 5.74) is 1.52. The summed E-state index contributed by atoms with van der Waals surface area (Å²) in [5, 5.41) is 0.850. The van der Waals surface area contributed by atoms with Crippen molar-refractivity contribution < 1.29 is 14.0 Å². The highest BCUT2D eigenvalue weighted by Gasteiger charge is 2.22. The van der Waals surface area contributed by atoms with Gasteiger partial charge < -0.3 is 9.88 Å². The summed E-state index contributed by atoms with van der Waals surface area (Å²) < 4.78 is 13.1. The molecule has 1 amide bonds. The molecule has 1 N–H and O–H groups in total. The average Bonchev–Trinajstić information content (AvgIpc) is 2.81. The number of carbonyl (C=O) groups excluding carboxylic acids is 2. The van der Waals surface area contributed by atoms with Crippen molar-refractivity contribution >= 4 is 22.6 Å². The smallest absolute Gasteiger partial charge is 0.227 e. The van der Waals surface area contributed by atoms with E-state index in [-0.39, 0.29) is 30.5 Å². The van der Waals surface area contributed by atoms with Crippen LogP contribution in [-0.4, -0.2) is 34.7 Å². The Labute approximate surface area is 115 Å². The third-order valence-electron chi connectivity index (χ3n) is 3.67. The second-order valence-corrected chi connectivity index (χ2v) is 5.14. The van der Waals surface area contributed by atoms with Gasteiger partial charge in [0.25, 0.3) is 0 Å². The van der Waals surface area contributed by atoms with Gasteiger partial charge in [-0.25, -0.2) is 4.39 Å². The third kappa shape index (κ3) is 2.43. The fraction of sp³-hybridized carbons (Fsp3) is 0.333. The lowest BCUT2D eigenvalue weighted by molar-refractivity contribution is -0.137. The predicted octanol–water partition coefficient (Wildman–Crippen LogP) is 2.04. The van der Waals surface area contributed by atoms with Crippen LogP contribution in [-0.2, 0) is 16.0 Å². The van der Waals surface area contributed by atoms with E-state index in [0.717, 1.165) is 17.4 Å². The number of nitrogens with one attached hydrogen (secondary N) is 1. The van der Waals surface area contributed by atoms with Crippen LogP contribution in [0, 0.1) is 5.82 Å². The van der Waals surface area contributed by atoms with Crippen LogP contribution in [0.15, 0.2) is 24.4 Å². The largest absolute Gasteiger partial charge is 0.361 e. The van der Waals surface area contributed by atoms with E-state index < -0.39 is 0 Å². The summed E-state index contributed by atoms with van der Waals surface area (Å²) in [4.78, 5) is 28.2. The number of benzene rings is 1. The van der Waals surface area contributed by atoms with Gasteiger partial charge in [0.1, 0.15) is 5.82 Å². The molecule has 1 aromatic heterocycles. The molecule has 104 valence electrons. The molecular formula is C15H15FN2O2. The Morgan fingerprint density at radius 3 is 3.05 bits per heavy atom. The summed E-state index contributed by atoms with van der Waals surface area (Å²) in [6.07, 6.45) is 3.27. The fourth-order valence-electron chi connectivity index (χ4n) is 2.63. The fourth-order valence-corrected chi connectivity index (χ4v) is 2.63. The normalized spacial score (nSPS) is 15.8. The number of nitrogens with zero attached hydrogens (tertiary/aromatic N) is 1. The number of Topliss-reactive ketones (excluding diaryl/α,β-unsaturated/α-hetero) is 1. The van der Waals surface area contributed by atoms with Crippen molar-refractivity contribution in [1.29, 1.82) is 0 Å². The van der Waals surface area contributed by atoms with Gasteiger partial charge in [-0.15, -0.1) is 0 Å². The second-order valence-electron chi connectivity index (χ2n) is 5.14. The van der Waals surface area contributed by atoms with Crippen LogP contribution in [0.4, 0.5) is 4.39 Å². The van der Waals surface area contributed by atoms with Crippen LogP contribution in [0.1, 0.15) is 18.4 Å². The molecule has 0 saturated carbocycles. The van der Waals surface area contributed by atoms with E-state index in [4.69, 9.17) is 0 Å². The van der Waals surface area contributed by atoms with E-state index >= 15 is 0 Å². The van der Waals surface area contributed by atoms with E-state index in [0.29, 0.717) is 18.5 Å². The Bertz CT molecular complexity index is 678. The molecule has 5 heteroatoms. The lowest BCUT2D eigenvalue weighted by Crippen LogP contribution is -2.40. The van der Waals surface area contributed by atoms with Crippen molar-refractivity contribution in [2.45, 2.75) is 19.3 Å². The molecule has 1 saturated heterocycles. The first kappa shape index (κ1) is 12.8. The van der Waals surface area contributed by atoms with Crippen LogP contribution < -0.4 is 0 Å². The van der Waals surface area contributed by atoms with Gasteiger partial charge >= 0.3 is 0 Å². The molecule has 0 aliphatic carbocycles. The molecule has 0 radical (unpaired) electrons. The SMILES string of the molecule is O=C1CCCN(C(=O)Cc2c[nH]c3cc(F)ccc23)C1. The summed E-state index contributed by atoms with van der Waals surface area (Å²) in [6.45, 7) is 0.859. The quantitative estimate of drug-likeness (QED) is 0.911. The van der Waals surface area contributed by atoms with Gasteiger partial charge in [0, 0.05) is 30.1 Å². The number of amides is 1. The lowest BCUT2D eigenvalue weighted by Gasteiger charge is -2.25. The molecule has 0 atom stereocenters. The summed E-state index contributed by atoms with van der Waals surface area (Å²) in [6, 6.07) is 4.47. The van der Waals surface area contributed by atoms with Crippen LogP contribution in [0.3, 0.4) is 0 Å². The molecule has 4 nitrogen and oxygen atoms in total. The molecule has 1 aliphatic rings. The molecule has 0 spiro atoms. The van der Waals surface area contributed by atoms with Gasteiger partial charge in [-0.1, -0.05) is 0 Å². The van der Waals surface area contributed by atoms with Crippen LogP contribution >= 0.6 is 0 Å². The van der Waals surface area contributed by atoms with Crippen LogP contribution in [0.25, 0.3) is 10.9 Å². The Balaban J connectivity index is 1.79. The number of piperidine rings is 1. The number of H-pyrrole nitrogens is 1. The van der Waals surface area contributed by atoms with Crippen molar-refractivity contribution in [1.82, 2.24) is 9.88 Å². The van der Waals surface area contributed by atoms with Crippen molar-refractivity contribution in [2.24, 2.45) is 0 Å². The van der Waals surface area contributed by atoms with Gasteiger partial charge in [0.05, 0.1) is 13.0 Å². The molecule has 3 rings (SSSR count). The molecule has 2 heterocycles. The minimum absolute atomic E-state index is 0.0525. The van der Waals surface area contributed by atoms with E-state index in [9.17, 15) is 14.0 Å². The maximum Gasteiger partial charge on any atom is 0.227 e. The number of ketones is 1. The lowest BCUT2D eigenvalue weighted by atomic mass is 10.1. The van der Waals surface area contributed by atoms with Crippen molar-refractivity contribution in [2.75, 3.05) is 13.1 Å². The van der Waals surface area contributed by atoms with Gasteiger partial charge in [-0.05, 0) is 30.2 Å². The zero-order valence-corrected chi connectivity index (χ0v) is 11.0. The van der Waals surface area contributed by atoms with E-state index in [1.54, 1.807) is 17.2 Å². The third-order valence-corrected chi connectivity index (χ3v) is 3.67. The molecule has 0 unspecified atom stereocenters. The van der Waals surface area contributed by atoms with E-state index in [2.05, 4.69) is 4.98 Å². The minimum Gasteiger partial charge on any atom is -0.361 e. The van der Waals surface area contributed by atoms with Crippen molar-refractivity contribution in [3.63, 3.8) is 0 Å². The summed E-state index contributed by atoms with van der Waals surface area (Å²) >= 11 is 0. The number of likely N-dealkylation sites (tertiary alicyclic amines) is 1. The van der Waals surface area contributed by atoms with Gasteiger partial charge in [-0.3, -0.25) is 9.59 Å². The Kier molecular flexibility index (Phi) is 3.26. The molecule has 2 aromatic rings. The zero-order chi connectivity index (χ0) is 14.1. The molecule has 1 aliphatic heterocycles. The average molecular weight is 274 g/mol. The first-order valence-corrected chi connectivity index (χ1v) is 6.68. The minimum atomic E-state index is -0.307. The first-order chi connectivity index (χ1) is 9.63. The van der Waals surface area contributed by atoms with E-state index in [1.807, 2.05) is 0 Å². The predicted molar refractivity (Wildman–Crippen MR) is 72.8 cm³/mol. The number of carbonyl (C=O) groups is 2. The van der Waals surface area contributed by atoms with Gasteiger partial charge in [-0.2, -0.15) is 0 Å². The highest BCUT2D eigenvalue weighted by atomic mass is 19.1. The van der Waals surface area contributed by atoms with Crippen molar-refractivity contribution in [3.8, 4) is 0 Å². The highest BCUT2D eigenvalue weighted by Crippen LogP contribution is 2.20. The second kappa shape index (κ2) is 5.07. The number of aromatic nitrogens is 1. The standard InChI is InChI=1S/C15H15FN2O2/c16-11-3-4-13-10(8-17-14(13)7-11)6-15(20)18-5-1-2-12(19)9-18/h3-4,7-8,17H,1-2,5-6,9H2. The number of rotatable bonds is 2. The number of hydrogen-bond acceptors (Lipinski definition) is 2. The first-order valence-electron chi connectivity index (χ1n) is 6.68. The molecule has 0 bridgehead atoms. The maximum absolute atomic E-state index is 13.1. The van der Waals surface area contributed by atoms with Crippen LogP contribution in [0.2, 0.25) is 0 Å². The monoisotopic (exact) mass is 274 g/mol. The van der Waals surface area contributed by atoms with Gasteiger partial charge in [0.15, 0.2) is 5.78 Å². The molecular weight excluding hydrogens is 259 g/mol. The van der Waals surface area contributed by atoms with Crippen molar-refractivity contribution in [3.05, 3.63) is 35.8 Å².